The number of H-pyrrole nitrogens is 1. The monoisotopic (exact) mass is 294 g/mol. The van der Waals surface area contributed by atoms with E-state index in [4.69, 9.17) is 5.11 Å². The van der Waals surface area contributed by atoms with Crippen molar-refractivity contribution in [1.82, 2.24) is 20.2 Å². The number of rotatable bonds is 6. The van der Waals surface area contributed by atoms with Crippen molar-refractivity contribution in [2.24, 2.45) is 0 Å². The zero-order chi connectivity index (χ0) is 15.2. The van der Waals surface area contributed by atoms with Gasteiger partial charge < -0.3 is 20.3 Å². The minimum absolute atomic E-state index is 0.0645. The van der Waals surface area contributed by atoms with Crippen LogP contribution >= 0.6 is 0 Å². The van der Waals surface area contributed by atoms with Gasteiger partial charge in [0.2, 0.25) is 0 Å². The Hall–Kier alpha value is -2.26. The van der Waals surface area contributed by atoms with Crippen molar-refractivity contribution in [3.05, 3.63) is 18.2 Å². The number of nitrogens with one attached hydrogen (secondary N) is 2. The highest BCUT2D eigenvalue weighted by Gasteiger charge is 2.33. The van der Waals surface area contributed by atoms with Gasteiger partial charge in [-0.3, -0.25) is 4.79 Å². The van der Waals surface area contributed by atoms with Gasteiger partial charge in [-0.15, -0.1) is 0 Å². The highest BCUT2D eigenvalue weighted by molar-refractivity contribution is 5.80. The van der Waals surface area contributed by atoms with Gasteiger partial charge in [0, 0.05) is 24.9 Å². The molecule has 0 saturated carbocycles. The van der Waals surface area contributed by atoms with Crippen LogP contribution in [0.1, 0.15) is 5.69 Å². The molecular weight excluding hydrogens is 281 g/mol. The number of carbonyl (C=O) groups is 2. The van der Waals surface area contributed by atoms with Crippen LogP contribution in [0.3, 0.4) is 0 Å². The second kappa shape index (κ2) is 6.78. The number of carboxylic acid groups (broad SMARTS) is 1. The summed E-state index contributed by atoms with van der Waals surface area (Å²) in [6.07, 6.45) is -1.37. The van der Waals surface area contributed by atoms with Crippen LogP contribution in [-0.4, -0.2) is 57.8 Å². The van der Waals surface area contributed by atoms with Crippen LogP contribution in [0.15, 0.2) is 12.5 Å². The summed E-state index contributed by atoms with van der Waals surface area (Å²) in [5.74, 6) is -1.52. The molecule has 0 aromatic carbocycles. The van der Waals surface area contributed by atoms with Crippen molar-refractivity contribution in [2.45, 2.75) is 12.6 Å². The second-order valence-electron chi connectivity index (χ2n) is 3.92. The fraction of sp³-hybridized carbons (Fsp3) is 0.500. The van der Waals surface area contributed by atoms with E-state index in [0.717, 1.165) is 0 Å². The molecule has 1 heterocycles. The third-order valence-electron chi connectivity index (χ3n) is 2.21. The van der Waals surface area contributed by atoms with Gasteiger partial charge in [-0.1, -0.05) is 0 Å². The fourth-order valence-corrected chi connectivity index (χ4v) is 1.42. The Kier molecular flexibility index (Phi) is 5.35. The summed E-state index contributed by atoms with van der Waals surface area (Å²) in [6.45, 7) is -2.57. The molecule has 0 spiro atoms. The molecule has 10 heteroatoms. The molecule has 0 unspecified atom stereocenters. The smallest absolute Gasteiger partial charge is 0.406 e. The summed E-state index contributed by atoms with van der Waals surface area (Å²) in [5, 5.41) is 10.7. The predicted molar refractivity (Wildman–Crippen MR) is 61.0 cm³/mol. The summed E-state index contributed by atoms with van der Waals surface area (Å²) < 4.78 is 36.7. The average molecular weight is 294 g/mol. The lowest BCUT2D eigenvalue weighted by Crippen LogP contribution is -2.47. The number of nitrogens with zero attached hydrogens (tertiary/aromatic N) is 2. The average Bonchev–Trinajstić information content (AvgIpc) is 2.78. The Morgan fingerprint density at radius 1 is 1.45 bits per heavy atom. The maximum atomic E-state index is 12.2. The van der Waals surface area contributed by atoms with Crippen LogP contribution in [0.4, 0.5) is 18.0 Å². The van der Waals surface area contributed by atoms with E-state index >= 15 is 0 Å². The van der Waals surface area contributed by atoms with Gasteiger partial charge in [-0.25, -0.2) is 9.78 Å². The standard InChI is InChI=1S/C10H13F3N4O3/c11-10(12,13)5-17(4-8(18)19)9(20)15-2-1-7-3-14-6-16-7/h3,6H,1-2,4-5H2,(H,14,16)(H,15,20)(H,18,19). The van der Waals surface area contributed by atoms with Gasteiger partial charge in [0.1, 0.15) is 13.1 Å². The molecule has 1 aromatic rings. The quantitative estimate of drug-likeness (QED) is 0.716. The summed E-state index contributed by atoms with van der Waals surface area (Å²) in [4.78, 5) is 28.7. The molecule has 20 heavy (non-hydrogen) atoms. The largest absolute Gasteiger partial charge is 0.480 e. The number of alkyl halides is 3. The van der Waals surface area contributed by atoms with Gasteiger partial charge in [0.05, 0.1) is 6.33 Å². The number of urea groups is 1. The van der Waals surface area contributed by atoms with Crippen LogP contribution in [0, 0.1) is 0 Å². The second-order valence-corrected chi connectivity index (χ2v) is 3.92. The third-order valence-corrected chi connectivity index (χ3v) is 2.21. The number of aromatic amines is 1. The number of hydrogen-bond donors (Lipinski definition) is 3. The van der Waals surface area contributed by atoms with E-state index in [1.54, 1.807) is 0 Å². The van der Waals surface area contributed by atoms with E-state index < -0.39 is 31.3 Å². The summed E-state index contributed by atoms with van der Waals surface area (Å²) in [7, 11) is 0. The Bertz CT molecular complexity index is 447. The third kappa shape index (κ3) is 6.07. The number of imidazole rings is 1. The Morgan fingerprint density at radius 2 is 2.15 bits per heavy atom. The minimum atomic E-state index is -4.66. The SMILES string of the molecule is O=C(O)CN(CC(F)(F)F)C(=O)NCCc1cnc[nH]1. The molecule has 2 amide bonds. The first kappa shape index (κ1) is 15.8. The molecule has 0 radical (unpaired) electrons. The van der Waals surface area contributed by atoms with Crippen molar-refractivity contribution in [3.63, 3.8) is 0 Å². The minimum Gasteiger partial charge on any atom is -0.480 e. The number of aromatic nitrogens is 2. The lowest BCUT2D eigenvalue weighted by atomic mass is 10.3. The van der Waals surface area contributed by atoms with E-state index in [-0.39, 0.29) is 11.4 Å². The summed E-state index contributed by atoms with van der Waals surface area (Å²) in [6, 6.07) is -1.08. The molecule has 0 bridgehead atoms. The number of carbonyl (C=O) groups excluding carboxylic acids is 1. The van der Waals surface area contributed by atoms with E-state index in [2.05, 4.69) is 15.3 Å². The number of hydrogen-bond acceptors (Lipinski definition) is 3. The van der Waals surface area contributed by atoms with Gasteiger partial charge in [0.15, 0.2) is 0 Å². The van der Waals surface area contributed by atoms with Crippen LogP contribution < -0.4 is 5.32 Å². The Labute approximate surface area is 111 Å². The highest BCUT2D eigenvalue weighted by Crippen LogP contribution is 2.16. The first-order valence-electron chi connectivity index (χ1n) is 5.56. The maximum absolute atomic E-state index is 12.2. The van der Waals surface area contributed by atoms with Crippen molar-refractivity contribution < 1.29 is 27.9 Å². The van der Waals surface area contributed by atoms with Crippen molar-refractivity contribution in [1.29, 1.82) is 0 Å². The van der Waals surface area contributed by atoms with Crippen molar-refractivity contribution >= 4 is 12.0 Å². The molecule has 1 aromatic heterocycles. The topological polar surface area (TPSA) is 98.3 Å². The Morgan fingerprint density at radius 3 is 2.65 bits per heavy atom. The van der Waals surface area contributed by atoms with Crippen molar-refractivity contribution in [2.75, 3.05) is 19.6 Å². The highest BCUT2D eigenvalue weighted by atomic mass is 19.4. The molecule has 0 fully saturated rings. The number of amides is 2. The van der Waals surface area contributed by atoms with E-state index in [1.165, 1.54) is 12.5 Å². The molecular formula is C10H13F3N4O3. The van der Waals surface area contributed by atoms with Gasteiger partial charge in [-0.2, -0.15) is 13.2 Å². The number of halogens is 3. The molecule has 3 N–H and O–H groups in total. The first-order valence-corrected chi connectivity index (χ1v) is 5.56. The molecule has 0 aliphatic rings. The fourth-order valence-electron chi connectivity index (χ4n) is 1.42. The Balaban J connectivity index is 2.47. The predicted octanol–water partition coefficient (Wildman–Crippen LogP) is 0.611. The molecule has 0 aliphatic carbocycles. The molecule has 1 rings (SSSR count). The molecule has 0 atom stereocenters. The van der Waals surface area contributed by atoms with Crippen LogP contribution in [0.25, 0.3) is 0 Å². The van der Waals surface area contributed by atoms with E-state index in [9.17, 15) is 22.8 Å². The lowest BCUT2D eigenvalue weighted by Gasteiger charge is -2.22. The molecule has 112 valence electrons. The normalized spacial score (nSPS) is 11.2. The van der Waals surface area contributed by atoms with E-state index in [0.29, 0.717) is 12.1 Å². The molecule has 0 saturated heterocycles. The van der Waals surface area contributed by atoms with Crippen LogP contribution in [0.2, 0.25) is 0 Å². The summed E-state index contributed by atoms with van der Waals surface area (Å²) in [5.41, 5.74) is 0.700. The zero-order valence-electron chi connectivity index (χ0n) is 10.3. The van der Waals surface area contributed by atoms with Gasteiger partial charge in [-0.05, 0) is 0 Å². The van der Waals surface area contributed by atoms with Gasteiger partial charge >= 0.3 is 18.2 Å². The maximum Gasteiger partial charge on any atom is 0.406 e. The van der Waals surface area contributed by atoms with Crippen molar-refractivity contribution in [3.8, 4) is 0 Å². The number of carboxylic acids is 1. The zero-order valence-corrected chi connectivity index (χ0v) is 10.3. The molecule has 7 nitrogen and oxygen atoms in total. The van der Waals surface area contributed by atoms with E-state index in [1.807, 2.05) is 0 Å². The number of aliphatic carboxylic acids is 1. The van der Waals surface area contributed by atoms with Crippen LogP contribution in [-0.2, 0) is 11.2 Å². The first-order chi connectivity index (χ1) is 9.28. The summed E-state index contributed by atoms with van der Waals surface area (Å²) >= 11 is 0. The van der Waals surface area contributed by atoms with Crippen LogP contribution in [0.5, 0.6) is 0 Å². The molecule has 0 aliphatic heterocycles. The van der Waals surface area contributed by atoms with Gasteiger partial charge in [0.25, 0.3) is 0 Å². The lowest BCUT2D eigenvalue weighted by molar-refractivity contribution is -0.148.